The molecule has 0 heterocycles. The number of nitrogens with one attached hydrogen (secondary N) is 1. The number of aliphatic carboxylic acids is 1. The second kappa shape index (κ2) is 7.00. The molecule has 0 radical (unpaired) electrons. The zero-order chi connectivity index (χ0) is 16.9. The lowest BCUT2D eigenvalue weighted by Crippen LogP contribution is -2.42. The summed E-state index contributed by atoms with van der Waals surface area (Å²) in [4.78, 5) is 33.9. The number of aromatic carboxylic acids is 1. The quantitative estimate of drug-likeness (QED) is 0.502. The van der Waals surface area contributed by atoms with Gasteiger partial charge in [-0.25, -0.2) is 9.59 Å². The summed E-state index contributed by atoms with van der Waals surface area (Å²) in [5, 5.41) is 19.9. The molecule has 0 aliphatic rings. The van der Waals surface area contributed by atoms with Crippen LogP contribution in [0, 0.1) is 0 Å². The number of carboxylic acids is 2. The van der Waals surface area contributed by atoms with Crippen LogP contribution in [0.3, 0.4) is 0 Å². The van der Waals surface area contributed by atoms with Gasteiger partial charge in [-0.1, -0.05) is 12.1 Å². The molecule has 9 nitrogen and oxygen atoms in total. The Morgan fingerprint density at radius 3 is 2.09 bits per heavy atom. The zero-order valence-electron chi connectivity index (χ0n) is 11.1. The number of carboxylic acid groups (broad SMARTS) is 2. The predicted octanol–water partition coefficient (Wildman–Crippen LogP) is -0.154. The van der Waals surface area contributed by atoms with E-state index in [1.807, 2.05) is 5.32 Å². The molecule has 120 valence electrons. The van der Waals surface area contributed by atoms with Crippen LogP contribution in [0.25, 0.3) is 0 Å². The number of carbonyl (C=O) groups excluding carboxylic acids is 1. The molecule has 4 N–H and O–H groups in total. The van der Waals surface area contributed by atoms with Gasteiger partial charge in [-0.15, -0.1) is 0 Å². The van der Waals surface area contributed by atoms with E-state index in [-0.39, 0.29) is 11.1 Å². The first kappa shape index (κ1) is 17.6. The third-order valence-corrected chi connectivity index (χ3v) is 3.42. The first-order chi connectivity index (χ1) is 10.1. The van der Waals surface area contributed by atoms with Gasteiger partial charge >= 0.3 is 11.9 Å². The lowest BCUT2D eigenvalue weighted by molar-refractivity contribution is -0.139. The van der Waals surface area contributed by atoms with Crippen molar-refractivity contribution in [3.05, 3.63) is 35.4 Å². The van der Waals surface area contributed by atoms with Gasteiger partial charge in [0.05, 0.1) is 16.9 Å². The van der Waals surface area contributed by atoms with Crippen molar-refractivity contribution in [1.82, 2.24) is 5.32 Å². The maximum atomic E-state index is 12.0. The van der Waals surface area contributed by atoms with Crippen LogP contribution in [-0.4, -0.2) is 52.8 Å². The van der Waals surface area contributed by atoms with Crippen molar-refractivity contribution >= 4 is 28.0 Å². The Labute approximate surface area is 125 Å². The number of benzene rings is 1. The molecule has 0 aliphatic heterocycles. The monoisotopic (exact) mass is 331 g/mol. The molecule has 1 aromatic carbocycles. The fourth-order valence-corrected chi connectivity index (χ4v) is 2.16. The third kappa shape index (κ3) is 5.14. The van der Waals surface area contributed by atoms with Crippen molar-refractivity contribution in [3.8, 4) is 0 Å². The summed E-state index contributed by atoms with van der Waals surface area (Å²) in [6.45, 7) is 0. The second-order valence-electron chi connectivity index (χ2n) is 4.29. The van der Waals surface area contributed by atoms with Crippen LogP contribution >= 0.6 is 0 Å². The van der Waals surface area contributed by atoms with Gasteiger partial charge in [-0.05, 0) is 18.6 Å². The number of hydrogen-bond donors (Lipinski definition) is 4. The SMILES string of the molecule is O=C(O)c1ccccc1C(=O)N[C@@H](CCS(=O)(=O)O)C(=O)O. The van der Waals surface area contributed by atoms with Crippen molar-refractivity contribution in [2.24, 2.45) is 0 Å². The van der Waals surface area contributed by atoms with Crippen molar-refractivity contribution in [3.63, 3.8) is 0 Å². The standard InChI is InChI=1S/C12H13NO8S/c14-10(7-3-1-2-4-8(7)11(15)16)13-9(12(17)18)5-6-22(19,20)21/h1-4,9H,5-6H2,(H,13,14)(H,15,16)(H,17,18)(H,19,20,21)/t9-/m0/s1. The molecule has 0 saturated carbocycles. The Balaban J connectivity index is 2.93. The Kier molecular flexibility index (Phi) is 5.60. The largest absolute Gasteiger partial charge is 0.480 e. The lowest BCUT2D eigenvalue weighted by atomic mass is 10.1. The van der Waals surface area contributed by atoms with Crippen molar-refractivity contribution in [2.45, 2.75) is 12.5 Å². The molecule has 0 fully saturated rings. The highest BCUT2D eigenvalue weighted by Gasteiger charge is 2.24. The van der Waals surface area contributed by atoms with Crippen LogP contribution in [0.2, 0.25) is 0 Å². The first-order valence-corrected chi connectivity index (χ1v) is 7.54. The molecule has 1 atom stereocenters. The first-order valence-electron chi connectivity index (χ1n) is 5.93. The van der Waals surface area contributed by atoms with Crippen molar-refractivity contribution in [2.75, 3.05) is 5.75 Å². The molecule has 0 spiro atoms. The number of amides is 1. The van der Waals surface area contributed by atoms with Gasteiger partial charge in [0, 0.05) is 0 Å². The van der Waals surface area contributed by atoms with Crippen LogP contribution in [0.15, 0.2) is 24.3 Å². The molecular formula is C12H13NO8S. The fourth-order valence-electron chi connectivity index (χ4n) is 1.63. The number of carbonyl (C=O) groups is 3. The van der Waals surface area contributed by atoms with E-state index >= 15 is 0 Å². The van der Waals surface area contributed by atoms with Crippen molar-refractivity contribution < 1.29 is 37.6 Å². The van der Waals surface area contributed by atoms with E-state index in [0.29, 0.717) is 0 Å². The van der Waals surface area contributed by atoms with Crippen LogP contribution in [0.1, 0.15) is 27.1 Å². The molecule has 10 heteroatoms. The van der Waals surface area contributed by atoms with Gasteiger partial charge in [0.2, 0.25) is 0 Å². The summed E-state index contributed by atoms with van der Waals surface area (Å²) in [5.74, 6) is -4.70. The Morgan fingerprint density at radius 2 is 1.64 bits per heavy atom. The maximum absolute atomic E-state index is 12.0. The Hall–Kier alpha value is -2.46. The van der Waals surface area contributed by atoms with E-state index in [1.54, 1.807) is 0 Å². The van der Waals surface area contributed by atoms with E-state index in [4.69, 9.17) is 14.8 Å². The molecule has 1 rings (SSSR count). The number of hydrogen-bond acceptors (Lipinski definition) is 5. The lowest BCUT2D eigenvalue weighted by Gasteiger charge is -2.14. The minimum absolute atomic E-state index is 0.256. The molecule has 0 unspecified atom stereocenters. The van der Waals surface area contributed by atoms with Gasteiger partial charge < -0.3 is 15.5 Å². The second-order valence-corrected chi connectivity index (χ2v) is 5.86. The van der Waals surface area contributed by atoms with Gasteiger partial charge in [-0.3, -0.25) is 9.35 Å². The zero-order valence-corrected chi connectivity index (χ0v) is 11.9. The average Bonchev–Trinajstić information content (AvgIpc) is 2.41. The Morgan fingerprint density at radius 1 is 1.09 bits per heavy atom. The van der Waals surface area contributed by atoms with Gasteiger partial charge in [0.15, 0.2) is 0 Å². The minimum atomic E-state index is -4.38. The smallest absolute Gasteiger partial charge is 0.336 e. The topological polar surface area (TPSA) is 158 Å². The summed E-state index contributed by atoms with van der Waals surface area (Å²) in [6, 6.07) is 3.57. The van der Waals surface area contributed by atoms with E-state index in [9.17, 15) is 22.8 Å². The molecule has 0 saturated heterocycles. The molecule has 22 heavy (non-hydrogen) atoms. The van der Waals surface area contributed by atoms with E-state index < -0.39 is 46.2 Å². The minimum Gasteiger partial charge on any atom is -0.480 e. The summed E-state index contributed by atoms with van der Waals surface area (Å²) in [6.07, 6.45) is -0.560. The van der Waals surface area contributed by atoms with Gasteiger partial charge in [-0.2, -0.15) is 8.42 Å². The van der Waals surface area contributed by atoms with Gasteiger partial charge in [0.1, 0.15) is 6.04 Å². The highest BCUT2D eigenvalue weighted by Crippen LogP contribution is 2.09. The number of rotatable bonds is 7. The summed E-state index contributed by atoms with van der Waals surface area (Å²) >= 11 is 0. The van der Waals surface area contributed by atoms with Crippen molar-refractivity contribution in [1.29, 1.82) is 0 Å². The maximum Gasteiger partial charge on any atom is 0.336 e. The average molecular weight is 331 g/mol. The highest BCUT2D eigenvalue weighted by molar-refractivity contribution is 7.85. The fraction of sp³-hybridized carbons (Fsp3) is 0.250. The van der Waals surface area contributed by atoms with Crippen LogP contribution in [0.4, 0.5) is 0 Å². The highest BCUT2D eigenvalue weighted by atomic mass is 32.2. The normalized spacial score (nSPS) is 12.4. The van der Waals surface area contributed by atoms with E-state index in [2.05, 4.69) is 0 Å². The summed E-state index contributed by atoms with van der Waals surface area (Å²) in [5.41, 5.74) is -0.577. The molecule has 0 aromatic heterocycles. The molecule has 1 aromatic rings. The molecular weight excluding hydrogens is 318 g/mol. The van der Waals surface area contributed by atoms with E-state index in [1.165, 1.54) is 24.3 Å². The van der Waals surface area contributed by atoms with Crippen LogP contribution in [0.5, 0.6) is 0 Å². The Bertz CT molecular complexity index is 697. The molecule has 0 aliphatic carbocycles. The van der Waals surface area contributed by atoms with Gasteiger partial charge in [0.25, 0.3) is 16.0 Å². The van der Waals surface area contributed by atoms with Crippen LogP contribution < -0.4 is 5.32 Å². The van der Waals surface area contributed by atoms with Crippen LogP contribution in [-0.2, 0) is 14.9 Å². The molecule has 1 amide bonds. The predicted molar refractivity (Wildman–Crippen MR) is 73.3 cm³/mol. The van der Waals surface area contributed by atoms with E-state index in [0.717, 1.165) is 0 Å². The summed E-state index contributed by atoms with van der Waals surface area (Å²) < 4.78 is 29.9. The third-order valence-electron chi connectivity index (χ3n) is 2.67. The molecule has 0 bridgehead atoms. The summed E-state index contributed by atoms with van der Waals surface area (Å²) in [7, 11) is -4.38.